The zero-order valence-electron chi connectivity index (χ0n) is 18.3. The number of terminal acetylenes is 1. The van der Waals surface area contributed by atoms with E-state index < -0.39 is 48.9 Å². The SMILES string of the molecule is C#C[C@]1(C)[C@@H]2OP(=O)(OCC(C)CC(=O)OC(C)C)OC[C@H]2O[C@H]1n1ccc(=O)[nH]c1=O. The minimum Gasteiger partial charge on any atom is -0.463 e. The highest BCUT2D eigenvalue weighted by Gasteiger charge is 2.60. The Morgan fingerprint density at radius 1 is 1.44 bits per heavy atom. The molecule has 0 saturated carbocycles. The molecule has 0 amide bonds. The second-order valence-electron chi connectivity index (χ2n) is 8.38. The van der Waals surface area contributed by atoms with Crippen LogP contribution in [0.2, 0.25) is 0 Å². The molecule has 11 nitrogen and oxygen atoms in total. The molecule has 1 aromatic rings. The first-order chi connectivity index (χ1) is 15.0. The van der Waals surface area contributed by atoms with Crippen LogP contribution in [-0.4, -0.2) is 47.0 Å². The molecule has 1 N–H and O–H groups in total. The van der Waals surface area contributed by atoms with Gasteiger partial charge >= 0.3 is 19.5 Å². The van der Waals surface area contributed by atoms with Gasteiger partial charge in [0, 0.05) is 12.3 Å². The second kappa shape index (κ2) is 9.33. The normalized spacial score (nSPS) is 32.8. The number of rotatable bonds is 7. The van der Waals surface area contributed by atoms with E-state index in [1.165, 1.54) is 12.3 Å². The van der Waals surface area contributed by atoms with Crippen LogP contribution < -0.4 is 11.2 Å². The predicted molar refractivity (Wildman–Crippen MR) is 112 cm³/mol. The summed E-state index contributed by atoms with van der Waals surface area (Å²) < 4.78 is 41.7. The fourth-order valence-corrected chi connectivity index (χ4v) is 5.20. The number of nitrogens with zero attached hydrogens (tertiary/aromatic N) is 1. The summed E-state index contributed by atoms with van der Waals surface area (Å²) in [4.78, 5) is 37.6. The fourth-order valence-electron chi connectivity index (χ4n) is 3.60. The maximum atomic E-state index is 13.1. The van der Waals surface area contributed by atoms with Crippen LogP contribution in [0.15, 0.2) is 21.9 Å². The minimum atomic E-state index is -4.01. The highest BCUT2D eigenvalue weighted by atomic mass is 31.2. The number of phosphoric acid groups is 1. The quantitative estimate of drug-likeness (QED) is 0.358. The number of hydrogen-bond acceptors (Lipinski definition) is 9. The number of aromatic amines is 1. The van der Waals surface area contributed by atoms with Gasteiger partial charge in [-0.1, -0.05) is 12.8 Å². The number of carbonyl (C=O) groups excluding carboxylic acids is 1. The first-order valence-corrected chi connectivity index (χ1v) is 11.6. The van der Waals surface area contributed by atoms with Crippen molar-refractivity contribution in [3.05, 3.63) is 33.1 Å². The van der Waals surface area contributed by atoms with Gasteiger partial charge in [-0.05, 0) is 26.7 Å². The maximum Gasteiger partial charge on any atom is 0.475 e. The number of hydrogen-bond donors (Lipinski definition) is 1. The molecule has 32 heavy (non-hydrogen) atoms. The summed E-state index contributed by atoms with van der Waals surface area (Å²) in [5, 5.41) is 0. The van der Waals surface area contributed by atoms with Crippen LogP contribution in [0.25, 0.3) is 0 Å². The van der Waals surface area contributed by atoms with E-state index in [0.717, 1.165) is 4.57 Å². The predicted octanol–water partition coefficient (Wildman–Crippen LogP) is 1.59. The van der Waals surface area contributed by atoms with Crippen molar-refractivity contribution >= 4 is 13.8 Å². The molecule has 1 aromatic heterocycles. The maximum absolute atomic E-state index is 13.1. The van der Waals surface area contributed by atoms with Gasteiger partial charge in [0.25, 0.3) is 5.56 Å². The lowest BCUT2D eigenvalue weighted by molar-refractivity contribution is -0.148. The molecular weight excluding hydrogens is 443 g/mol. The minimum absolute atomic E-state index is 0.0711. The molecular formula is C20H27N2O9P. The van der Waals surface area contributed by atoms with Crippen molar-refractivity contribution in [1.29, 1.82) is 0 Å². The summed E-state index contributed by atoms with van der Waals surface area (Å²) in [6.07, 6.45) is 4.26. The monoisotopic (exact) mass is 470 g/mol. The Morgan fingerprint density at radius 2 is 2.16 bits per heavy atom. The number of ether oxygens (including phenoxy) is 2. The van der Waals surface area contributed by atoms with Gasteiger partial charge in [0.15, 0.2) is 6.23 Å². The van der Waals surface area contributed by atoms with Crippen LogP contribution in [0.4, 0.5) is 0 Å². The number of carbonyl (C=O) groups is 1. The Kier molecular flexibility index (Phi) is 7.12. The molecule has 2 aliphatic rings. The van der Waals surface area contributed by atoms with E-state index in [2.05, 4.69) is 10.9 Å². The number of esters is 1. The van der Waals surface area contributed by atoms with Crippen molar-refractivity contribution in [2.75, 3.05) is 13.2 Å². The van der Waals surface area contributed by atoms with Crippen LogP contribution in [0.5, 0.6) is 0 Å². The van der Waals surface area contributed by atoms with Crippen LogP contribution in [0.1, 0.15) is 40.3 Å². The third kappa shape index (κ3) is 5.05. The summed E-state index contributed by atoms with van der Waals surface area (Å²) in [6.45, 7) is 6.65. The van der Waals surface area contributed by atoms with Gasteiger partial charge in [-0.3, -0.25) is 32.7 Å². The zero-order chi connectivity index (χ0) is 23.7. The Bertz CT molecular complexity index is 1060. The average Bonchev–Trinajstić information content (AvgIpc) is 2.98. The van der Waals surface area contributed by atoms with Crippen molar-refractivity contribution in [2.45, 2.75) is 58.7 Å². The van der Waals surface area contributed by atoms with Crippen molar-refractivity contribution < 1.29 is 32.4 Å². The van der Waals surface area contributed by atoms with Gasteiger partial charge in [0.2, 0.25) is 0 Å². The van der Waals surface area contributed by atoms with Crippen LogP contribution in [-0.2, 0) is 32.4 Å². The van der Waals surface area contributed by atoms with Gasteiger partial charge in [0.1, 0.15) is 17.6 Å². The summed E-state index contributed by atoms with van der Waals surface area (Å²) in [5.41, 5.74) is -2.49. The molecule has 2 saturated heterocycles. The van der Waals surface area contributed by atoms with E-state index in [9.17, 15) is 18.9 Å². The molecule has 0 aliphatic carbocycles. The molecule has 2 fully saturated rings. The Morgan fingerprint density at radius 3 is 2.78 bits per heavy atom. The van der Waals surface area contributed by atoms with Crippen molar-refractivity contribution in [2.24, 2.45) is 11.3 Å². The zero-order valence-corrected chi connectivity index (χ0v) is 19.2. The standard InChI is InChI=1S/C20H27N2O9P/c1-6-20(5)17-14(30-18(20)22-8-7-15(23)21-19(22)25)11-28-32(26,31-17)27-10-13(4)9-16(24)29-12(2)3/h1,7-8,12-14,17-18H,9-11H2,2-5H3,(H,21,23,25)/t13?,14-,17-,18-,20-,32?/m1/s1. The van der Waals surface area contributed by atoms with E-state index in [1.54, 1.807) is 27.7 Å². The van der Waals surface area contributed by atoms with Gasteiger partial charge in [-0.15, -0.1) is 6.42 Å². The molecule has 3 rings (SSSR count). The molecule has 2 unspecified atom stereocenters. The fraction of sp³-hybridized carbons (Fsp3) is 0.650. The summed E-state index contributed by atoms with van der Waals surface area (Å²) >= 11 is 0. The molecule has 0 spiro atoms. The third-order valence-corrected chi connectivity index (χ3v) is 6.62. The van der Waals surface area contributed by atoms with E-state index in [1.807, 2.05) is 0 Å². The molecule has 3 heterocycles. The molecule has 0 aromatic carbocycles. The lowest BCUT2D eigenvalue weighted by atomic mass is 9.83. The summed E-state index contributed by atoms with van der Waals surface area (Å²) in [6, 6.07) is 1.17. The van der Waals surface area contributed by atoms with Crippen LogP contribution in [0.3, 0.4) is 0 Å². The molecule has 2 aliphatic heterocycles. The van der Waals surface area contributed by atoms with Gasteiger partial charge in [0.05, 0.1) is 25.7 Å². The average molecular weight is 470 g/mol. The summed E-state index contributed by atoms with van der Waals surface area (Å²) in [7, 11) is -4.01. The number of aromatic nitrogens is 2. The van der Waals surface area contributed by atoms with Gasteiger partial charge in [-0.25, -0.2) is 9.36 Å². The largest absolute Gasteiger partial charge is 0.475 e. The number of phosphoric ester groups is 1. The van der Waals surface area contributed by atoms with Crippen molar-refractivity contribution in [1.82, 2.24) is 9.55 Å². The molecule has 0 bridgehead atoms. The highest BCUT2D eigenvalue weighted by molar-refractivity contribution is 7.48. The number of nitrogens with one attached hydrogen (secondary N) is 1. The smallest absolute Gasteiger partial charge is 0.463 e. The van der Waals surface area contributed by atoms with Crippen LogP contribution in [0, 0.1) is 23.7 Å². The topological polar surface area (TPSA) is 135 Å². The molecule has 12 heteroatoms. The number of fused-ring (bicyclic) bond motifs is 1. The van der Waals surface area contributed by atoms with E-state index in [0.29, 0.717) is 0 Å². The van der Waals surface area contributed by atoms with Crippen molar-refractivity contribution in [3.63, 3.8) is 0 Å². The first kappa shape index (κ1) is 24.4. The Labute approximate surface area is 185 Å². The highest BCUT2D eigenvalue weighted by Crippen LogP contribution is 2.60. The Balaban J connectivity index is 1.71. The second-order valence-corrected chi connectivity index (χ2v) is 10.0. The molecule has 0 radical (unpaired) electrons. The van der Waals surface area contributed by atoms with Crippen LogP contribution >= 0.6 is 7.82 Å². The summed E-state index contributed by atoms with van der Waals surface area (Å²) in [5.74, 6) is 1.89. The molecule has 176 valence electrons. The van der Waals surface area contributed by atoms with E-state index in [4.69, 9.17) is 29.5 Å². The Hall–Kier alpha value is -2.22. The number of H-pyrrole nitrogens is 1. The van der Waals surface area contributed by atoms with Gasteiger partial charge < -0.3 is 9.47 Å². The third-order valence-electron chi connectivity index (χ3n) is 5.20. The lowest BCUT2D eigenvalue weighted by Gasteiger charge is -2.35. The van der Waals surface area contributed by atoms with E-state index in [-0.39, 0.29) is 31.7 Å². The van der Waals surface area contributed by atoms with E-state index >= 15 is 0 Å². The molecule has 6 atom stereocenters. The lowest BCUT2D eigenvalue weighted by Crippen LogP contribution is -2.43. The first-order valence-electron chi connectivity index (χ1n) is 10.2. The van der Waals surface area contributed by atoms with Gasteiger partial charge in [-0.2, -0.15) is 0 Å². The van der Waals surface area contributed by atoms with Crippen molar-refractivity contribution in [3.8, 4) is 12.3 Å².